The molecule has 0 aliphatic carbocycles. The number of thiocarbonyl (C=S) groups is 1. The molecule has 120 valence electrons. The molecule has 1 aliphatic rings. The first-order valence-corrected chi connectivity index (χ1v) is 7.11. The Morgan fingerprint density at radius 3 is 2.48 bits per heavy atom. The number of rotatable bonds is 3. The second-order valence-corrected chi connectivity index (χ2v) is 5.60. The lowest BCUT2D eigenvalue weighted by Gasteiger charge is -2.08. The van der Waals surface area contributed by atoms with Gasteiger partial charge in [0.15, 0.2) is 11.2 Å². The van der Waals surface area contributed by atoms with Crippen LogP contribution in [0.2, 0.25) is 10.0 Å². The summed E-state index contributed by atoms with van der Waals surface area (Å²) < 4.78 is 0. The molecule has 0 unspecified atom stereocenters. The van der Waals surface area contributed by atoms with Crippen LogP contribution in [0.4, 0.5) is 11.4 Å². The van der Waals surface area contributed by atoms with Gasteiger partial charge in [-0.1, -0.05) is 23.2 Å². The minimum absolute atomic E-state index is 0.00769. The number of nitro groups is 1. The van der Waals surface area contributed by atoms with E-state index < -0.39 is 16.9 Å². The van der Waals surface area contributed by atoms with Crippen molar-refractivity contribution in [3.8, 4) is 0 Å². The van der Waals surface area contributed by atoms with Crippen molar-refractivity contribution in [3.05, 3.63) is 32.3 Å². The number of nitrogens with two attached hydrogens (primary N) is 1. The van der Waals surface area contributed by atoms with E-state index in [1.54, 1.807) is 6.92 Å². The van der Waals surface area contributed by atoms with Gasteiger partial charge in [0.25, 0.3) is 11.6 Å². The number of hydrogen-bond acceptors (Lipinski definition) is 7. The van der Waals surface area contributed by atoms with Gasteiger partial charge < -0.3 is 5.73 Å². The van der Waals surface area contributed by atoms with Gasteiger partial charge in [-0.15, -0.1) is 0 Å². The number of carbonyl (C=O) groups excluding carboxylic acids is 1. The fourth-order valence-corrected chi connectivity index (χ4v) is 2.40. The zero-order valence-corrected chi connectivity index (χ0v) is 13.8. The SMILES string of the molecule is CC1=NN(C(N)=S)C(=O)[C@@H]1N=Nc1c(Cl)cc([N+](=O)[O-])cc1Cl. The number of benzene rings is 1. The molecule has 0 saturated carbocycles. The van der Waals surface area contributed by atoms with Crippen molar-refractivity contribution < 1.29 is 9.72 Å². The smallest absolute Gasteiger partial charge is 0.282 e. The summed E-state index contributed by atoms with van der Waals surface area (Å²) in [5.41, 5.74) is 5.42. The quantitative estimate of drug-likeness (QED) is 0.376. The van der Waals surface area contributed by atoms with E-state index in [0.717, 1.165) is 17.1 Å². The monoisotopic (exact) mass is 374 g/mol. The third-order valence-corrected chi connectivity index (χ3v) is 3.54. The summed E-state index contributed by atoms with van der Waals surface area (Å²) in [5, 5.41) is 22.7. The highest BCUT2D eigenvalue weighted by molar-refractivity contribution is 7.80. The molecule has 1 aliphatic heterocycles. The molecular formula is C11H8Cl2N6O3S. The number of halogens is 2. The number of hydrogen-bond donors (Lipinski definition) is 1. The van der Waals surface area contributed by atoms with Gasteiger partial charge in [0, 0.05) is 12.1 Å². The van der Waals surface area contributed by atoms with Gasteiger partial charge in [-0.25, -0.2) is 0 Å². The molecule has 1 amide bonds. The van der Waals surface area contributed by atoms with Gasteiger partial charge in [0.05, 0.1) is 20.7 Å². The molecule has 2 N–H and O–H groups in total. The third kappa shape index (κ3) is 3.44. The molecular weight excluding hydrogens is 367 g/mol. The topological polar surface area (TPSA) is 127 Å². The molecule has 0 radical (unpaired) electrons. The van der Waals surface area contributed by atoms with Crippen molar-refractivity contribution in [2.45, 2.75) is 13.0 Å². The first kappa shape index (κ1) is 17.2. The van der Waals surface area contributed by atoms with Crippen LogP contribution in [-0.4, -0.2) is 32.7 Å². The summed E-state index contributed by atoms with van der Waals surface area (Å²) in [5.74, 6) is -0.562. The first-order chi connectivity index (χ1) is 10.7. The van der Waals surface area contributed by atoms with Crippen LogP contribution in [0.15, 0.2) is 27.5 Å². The third-order valence-electron chi connectivity index (χ3n) is 2.79. The van der Waals surface area contributed by atoms with E-state index in [0.29, 0.717) is 5.71 Å². The standard InChI is InChI=1S/C11H8Cl2N6O3S/c1-4-8(10(20)18(17-4)11(14)23)15-16-9-6(12)2-5(19(21)22)3-7(9)13/h2-3,8H,1H3,(H2,14,23)/t8-/m1/s1. The Balaban J connectivity index is 2.31. The van der Waals surface area contributed by atoms with Crippen molar-refractivity contribution in [1.29, 1.82) is 0 Å². The maximum atomic E-state index is 12.0. The van der Waals surface area contributed by atoms with E-state index in [-0.39, 0.29) is 26.5 Å². The zero-order valence-electron chi connectivity index (χ0n) is 11.4. The highest BCUT2D eigenvalue weighted by Crippen LogP contribution is 2.37. The van der Waals surface area contributed by atoms with Crippen LogP contribution < -0.4 is 5.73 Å². The van der Waals surface area contributed by atoms with Crippen molar-refractivity contribution >= 4 is 63.5 Å². The molecule has 0 fully saturated rings. The number of nitrogens with zero attached hydrogens (tertiary/aromatic N) is 5. The predicted molar refractivity (Wildman–Crippen MR) is 88.2 cm³/mol. The first-order valence-electron chi connectivity index (χ1n) is 5.95. The van der Waals surface area contributed by atoms with E-state index >= 15 is 0 Å². The minimum Gasteiger partial charge on any atom is -0.374 e. The maximum Gasteiger partial charge on any atom is 0.282 e. The van der Waals surface area contributed by atoms with Gasteiger partial charge in [-0.2, -0.15) is 20.3 Å². The summed E-state index contributed by atoms with van der Waals surface area (Å²) in [6, 6.07) is 1.15. The maximum absolute atomic E-state index is 12.0. The van der Waals surface area contributed by atoms with Crippen molar-refractivity contribution in [2.24, 2.45) is 21.1 Å². The van der Waals surface area contributed by atoms with Gasteiger partial charge in [-0.05, 0) is 19.1 Å². The van der Waals surface area contributed by atoms with Crippen molar-refractivity contribution in [2.75, 3.05) is 0 Å². The predicted octanol–water partition coefficient (Wildman–Crippen LogP) is 2.82. The van der Waals surface area contributed by atoms with Crippen LogP contribution >= 0.6 is 35.4 Å². The highest BCUT2D eigenvalue weighted by atomic mass is 35.5. The van der Waals surface area contributed by atoms with E-state index in [4.69, 9.17) is 41.2 Å². The Bertz CT molecular complexity index is 758. The second-order valence-electron chi connectivity index (χ2n) is 4.36. The molecule has 1 aromatic carbocycles. The molecule has 1 heterocycles. The molecule has 0 aromatic heterocycles. The Labute approximate surface area is 144 Å². The van der Waals surface area contributed by atoms with E-state index in [1.165, 1.54) is 0 Å². The average Bonchev–Trinajstić information content (AvgIpc) is 2.73. The van der Waals surface area contributed by atoms with Gasteiger partial charge in [0.1, 0.15) is 5.69 Å². The lowest BCUT2D eigenvalue weighted by atomic mass is 10.2. The average molecular weight is 375 g/mol. The number of non-ortho nitro benzene ring substituents is 1. The zero-order chi connectivity index (χ0) is 17.3. The summed E-state index contributed by atoms with van der Waals surface area (Å²) in [7, 11) is 0. The highest BCUT2D eigenvalue weighted by Gasteiger charge is 2.35. The van der Waals surface area contributed by atoms with E-state index in [2.05, 4.69) is 15.3 Å². The van der Waals surface area contributed by atoms with Crippen LogP contribution in [0.3, 0.4) is 0 Å². The number of amides is 1. The number of nitro benzene ring substituents is 1. The molecule has 0 spiro atoms. The molecule has 0 bridgehead atoms. The van der Waals surface area contributed by atoms with Gasteiger partial charge >= 0.3 is 0 Å². The molecule has 23 heavy (non-hydrogen) atoms. The minimum atomic E-state index is -1.01. The van der Waals surface area contributed by atoms with Crippen molar-refractivity contribution in [1.82, 2.24) is 5.01 Å². The molecule has 0 saturated heterocycles. The summed E-state index contributed by atoms with van der Waals surface area (Å²) in [6.07, 6.45) is 0. The Hall–Kier alpha value is -2.17. The van der Waals surface area contributed by atoms with E-state index in [9.17, 15) is 14.9 Å². The number of azo groups is 1. The fraction of sp³-hybridized carbons (Fsp3) is 0.182. The van der Waals surface area contributed by atoms with Gasteiger partial charge in [0.2, 0.25) is 0 Å². The number of hydrazone groups is 1. The van der Waals surface area contributed by atoms with Crippen LogP contribution in [-0.2, 0) is 4.79 Å². The molecule has 9 nitrogen and oxygen atoms in total. The Morgan fingerprint density at radius 1 is 1.48 bits per heavy atom. The lowest BCUT2D eigenvalue weighted by molar-refractivity contribution is -0.384. The molecule has 12 heteroatoms. The van der Waals surface area contributed by atoms with Crippen molar-refractivity contribution in [3.63, 3.8) is 0 Å². The van der Waals surface area contributed by atoms with Crippen LogP contribution in [0.25, 0.3) is 0 Å². The Morgan fingerprint density at radius 2 is 2.04 bits per heavy atom. The summed E-state index contributed by atoms with van der Waals surface area (Å²) >= 11 is 16.5. The second kappa shape index (κ2) is 6.52. The summed E-state index contributed by atoms with van der Waals surface area (Å²) in [6.45, 7) is 1.55. The van der Waals surface area contributed by atoms with E-state index in [1.807, 2.05) is 0 Å². The number of carbonyl (C=O) groups is 1. The van der Waals surface area contributed by atoms with Crippen LogP contribution in [0.1, 0.15) is 6.92 Å². The molecule has 1 aromatic rings. The summed E-state index contributed by atoms with van der Waals surface area (Å²) in [4.78, 5) is 22.1. The molecule has 2 rings (SSSR count). The van der Waals surface area contributed by atoms with Gasteiger partial charge in [-0.3, -0.25) is 14.9 Å². The van der Waals surface area contributed by atoms with Crippen LogP contribution in [0, 0.1) is 10.1 Å². The molecule has 1 atom stereocenters. The van der Waals surface area contributed by atoms with Crippen LogP contribution in [0.5, 0.6) is 0 Å². The Kier molecular flexibility index (Phi) is 4.88. The largest absolute Gasteiger partial charge is 0.374 e. The fourth-order valence-electron chi connectivity index (χ4n) is 1.72. The normalized spacial score (nSPS) is 17.7. The lowest BCUT2D eigenvalue weighted by Crippen LogP contribution is -2.37.